The maximum Gasteiger partial charge on any atom is 0.329 e. The average Bonchev–Trinajstić information content (AvgIpc) is 3.63. The summed E-state index contributed by atoms with van der Waals surface area (Å²) in [6.07, 6.45) is -0.686. The van der Waals surface area contributed by atoms with Gasteiger partial charge in [0.05, 0.1) is 27.4 Å². The zero-order chi connectivity index (χ0) is 44.6. The van der Waals surface area contributed by atoms with Gasteiger partial charge in [-0.05, 0) is 108 Å². The Balaban J connectivity index is 1.02. The molecule has 0 fully saturated rings. The minimum atomic E-state index is -4.40. The van der Waals surface area contributed by atoms with Crippen molar-refractivity contribution in [3.05, 3.63) is 152 Å². The number of thiazole rings is 1. The molecular formula is C46H39Cl2N5O8S2. The Labute approximate surface area is 377 Å². The van der Waals surface area contributed by atoms with Crippen LogP contribution >= 0.6 is 34.5 Å². The highest BCUT2D eigenvalue weighted by molar-refractivity contribution is 7.91. The number of anilines is 1. The Morgan fingerprint density at radius 3 is 2.27 bits per heavy atom. The third kappa shape index (κ3) is 9.18. The smallest absolute Gasteiger partial charge is 0.329 e. The number of ether oxygens (including phenoxy) is 3. The van der Waals surface area contributed by atoms with Gasteiger partial charge in [-0.3, -0.25) is 4.79 Å². The number of nitrogens with zero attached hydrogens (tertiary/aromatic N) is 3. The number of benzene rings is 5. The van der Waals surface area contributed by atoms with E-state index in [1.54, 1.807) is 48.5 Å². The maximum absolute atomic E-state index is 14.5. The fraction of sp³-hybridized carbons (Fsp3) is 0.217. The fourth-order valence-corrected chi connectivity index (χ4v) is 10.9. The number of carboxylic acid groups (broad SMARTS) is 1. The van der Waals surface area contributed by atoms with Crippen LogP contribution in [0.1, 0.15) is 52.1 Å². The lowest BCUT2D eigenvalue weighted by atomic mass is 9.90. The number of amides is 1. The normalized spacial score (nSPS) is 16.9. The van der Waals surface area contributed by atoms with Crippen molar-refractivity contribution >= 4 is 61.6 Å². The Morgan fingerprint density at radius 1 is 0.968 bits per heavy atom. The SMILES string of the molecule is Cc1nc(N)sc1S(=O)(=O)N1Cc2cc3c(cc2CC1C(=O)N[C@@](C)(Cc1ccc(-c2ccc(C#N)cc2)cc1)C(=O)O)OC[C@H](c1ccc(OCc2ccc(Cl)c(Cl)c2)cc1)O3. The predicted molar refractivity (Wildman–Crippen MR) is 239 cm³/mol. The molecule has 17 heteroatoms. The van der Waals surface area contributed by atoms with Gasteiger partial charge in [-0.15, -0.1) is 0 Å². The molecule has 3 heterocycles. The van der Waals surface area contributed by atoms with Crippen LogP contribution in [-0.4, -0.2) is 52.9 Å². The number of halogens is 2. The van der Waals surface area contributed by atoms with Gasteiger partial charge >= 0.3 is 5.97 Å². The fourth-order valence-electron chi connectivity index (χ4n) is 7.58. The number of nitrogens with one attached hydrogen (secondary N) is 1. The van der Waals surface area contributed by atoms with E-state index < -0.39 is 39.6 Å². The molecular weight excluding hydrogens is 886 g/mol. The van der Waals surface area contributed by atoms with E-state index in [-0.39, 0.29) is 41.0 Å². The first-order valence-corrected chi connectivity index (χ1v) is 22.6. The number of fused-ring (bicyclic) bond motifs is 2. The number of nitrogen functional groups attached to an aromatic ring is 1. The molecule has 0 saturated carbocycles. The molecule has 0 bridgehead atoms. The summed E-state index contributed by atoms with van der Waals surface area (Å²) in [6.45, 7) is 3.15. The maximum atomic E-state index is 14.5. The number of hydrogen-bond donors (Lipinski definition) is 3. The van der Waals surface area contributed by atoms with E-state index >= 15 is 0 Å². The van der Waals surface area contributed by atoms with Gasteiger partial charge in [0.15, 0.2) is 26.9 Å². The minimum Gasteiger partial charge on any atom is -0.489 e. The van der Waals surface area contributed by atoms with Crippen molar-refractivity contribution in [2.24, 2.45) is 0 Å². The van der Waals surface area contributed by atoms with Crippen molar-refractivity contribution in [3.8, 4) is 34.4 Å². The van der Waals surface area contributed by atoms with Crippen LogP contribution in [0, 0.1) is 18.3 Å². The number of carboxylic acids is 1. The summed E-state index contributed by atoms with van der Waals surface area (Å²) in [4.78, 5) is 31.5. The molecule has 0 saturated heterocycles. The molecule has 0 aliphatic carbocycles. The van der Waals surface area contributed by atoms with Crippen LogP contribution in [0.4, 0.5) is 5.13 Å². The van der Waals surface area contributed by atoms with E-state index in [4.69, 9.17) is 48.4 Å². The van der Waals surface area contributed by atoms with Crippen molar-refractivity contribution in [3.63, 3.8) is 0 Å². The number of nitrogens with two attached hydrogens (primary N) is 1. The molecule has 2 aliphatic rings. The molecule has 8 rings (SSSR count). The van der Waals surface area contributed by atoms with Crippen LogP contribution in [0.25, 0.3) is 11.1 Å². The third-order valence-corrected chi connectivity index (χ3v) is 15.2. The summed E-state index contributed by atoms with van der Waals surface area (Å²) in [6, 6.07) is 31.2. The van der Waals surface area contributed by atoms with Gasteiger partial charge in [0.25, 0.3) is 10.0 Å². The number of carbonyl (C=O) groups is 2. The van der Waals surface area contributed by atoms with Crippen LogP contribution in [0.3, 0.4) is 0 Å². The molecule has 2 aliphatic heterocycles. The average molecular weight is 925 g/mol. The summed E-state index contributed by atoms with van der Waals surface area (Å²) in [5, 5.41) is 23.3. The van der Waals surface area contributed by atoms with Crippen LogP contribution in [-0.2, 0) is 45.6 Å². The van der Waals surface area contributed by atoms with Crippen molar-refractivity contribution in [1.82, 2.24) is 14.6 Å². The number of carbonyl (C=O) groups excluding carboxylic acids is 1. The van der Waals surface area contributed by atoms with E-state index in [0.29, 0.717) is 56.2 Å². The highest BCUT2D eigenvalue weighted by atomic mass is 35.5. The van der Waals surface area contributed by atoms with Crippen molar-refractivity contribution in [1.29, 1.82) is 5.26 Å². The molecule has 0 spiro atoms. The third-order valence-electron chi connectivity index (χ3n) is 11.0. The minimum absolute atomic E-state index is 0.0462. The number of rotatable bonds is 12. The molecule has 6 aromatic rings. The molecule has 4 N–H and O–H groups in total. The van der Waals surface area contributed by atoms with Gasteiger partial charge in [-0.2, -0.15) is 9.57 Å². The first-order valence-electron chi connectivity index (χ1n) is 19.6. The van der Waals surface area contributed by atoms with Crippen LogP contribution in [0.2, 0.25) is 10.0 Å². The van der Waals surface area contributed by atoms with E-state index in [2.05, 4.69) is 16.4 Å². The van der Waals surface area contributed by atoms with Crippen LogP contribution < -0.4 is 25.3 Å². The number of aliphatic carboxylic acids is 1. The Morgan fingerprint density at radius 2 is 1.63 bits per heavy atom. The molecule has 3 atom stereocenters. The van der Waals surface area contributed by atoms with Gasteiger partial charge < -0.3 is 30.4 Å². The Bertz CT molecular complexity index is 2890. The second kappa shape index (κ2) is 17.5. The second-order valence-corrected chi connectivity index (χ2v) is 19.4. The lowest BCUT2D eigenvalue weighted by molar-refractivity contribution is -0.147. The zero-order valence-corrected chi connectivity index (χ0v) is 36.9. The largest absolute Gasteiger partial charge is 0.489 e. The van der Waals surface area contributed by atoms with Gasteiger partial charge in [0.1, 0.15) is 30.5 Å². The first-order chi connectivity index (χ1) is 30.1. The van der Waals surface area contributed by atoms with Crippen molar-refractivity contribution < 1.29 is 37.3 Å². The lowest BCUT2D eigenvalue weighted by Gasteiger charge is -2.38. The van der Waals surface area contributed by atoms with Crippen molar-refractivity contribution in [2.45, 2.75) is 61.7 Å². The second-order valence-electron chi connectivity index (χ2n) is 15.5. The van der Waals surface area contributed by atoms with Gasteiger partial charge in [-0.25, -0.2) is 18.2 Å². The van der Waals surface area contributed by atoms with E-state index in [9.17, 15) is 23.1 Å². The summed E-state index contributed by atoms with van der Waals surface area (Å²) >= 11 is 13.0. The number of nitriles is 1. The standard InChI is InChI=1S/C46H39Cl2N5O8S2/c1-26-43(62-45(50)51-26)63(57,58)53-23-34-20-40-39(60-25-41(61-40)32-12-14-35(15-13-32)59-24-29-7-16-36(47)37(48)17-29)19-33(34)18-38(53)42(54)52-46(2,44(55)56)21-27-3-8-30(9-4-27)31-10-5-28(22-49)6-11-31/h3-17,19-20,38,41H,18,21,23-25H2,1-2H3,(H2,50,51)(H,52,54)(H,55,56)/t38?,41-,46+/m1/s1. The molecule has 1 aromatic heterocycles. The van der Waals surface area contributed by atoms with Gasteiger partial charge in [-0.1, -0.05) is 89.1 Å². The molecule has 0 radical (unpaired) electrons. The number of hydrogen-bond acceptors (Lipinski definition) is 11. The predicted octanol–water partition coefficient (Wildman–Crippen LogP) is 8.29. The summed E-state index contributed by atoms with van der Waals surface area (Å²) in [5.41, 5.74) is 10.1. The summed E-state index contributed by atoms with van der Waals surface area (Å²) in [5.74, 6) is -0.645. The highest BCUT2D eigenvalue weighted by Crippen LogP contribution is 2.42. The van der Waals surface area contributed by atoms with E-state index in [0.717, 1.165) is 37.9 Å². The molecule has 322 valence electrons. The Hall–Kier alpha value is -6.15. The topological polar surface area (TPSA) is 194 Å². The highest BCUT2D eigenvalue weighted by Gasteiger charge is 2.45. The zero-order valence-electron chi connectivity index (χ0n) is 33.8. The lowest BCUT2D eigenvalue weighted by Crippen LogP contribution is -2.60. The molecule has 63 heavy (non-hydrogen) atoms. The Kier molecular flexibility index (Phi) is 12.1. The number of aromatic nitrogens is 1. The van der Waals surface area contributed by atoms with Gasteiger partial charge in [0, 0.05) is 13.0 Å². The van der Waals surface area contributed by atoms with Crippen LogP contribution in [0.15, 0.2) is 107 Å². The van der Waals surface area contributed by atoms with E-state index in [1.165, 1.54) is 13.8 Å². The summed E-state index contributed by atoms with van der Waals surface area (Å²) in [7, 11) is -4.40. The monoisotopic (exact) mass is 923 g/mol. The molecule has 13 nitrogen and oxygen atoms in total. The van der Waals surface area contributed by atoms with Gasteiger partial charge in [0.2, 0.25) is 5.91 Å². The van der Waals surface area contributed by atoms with E-state index in [1.807, 2.05) is 54.6 Å². The quantitative estimate of drug-likeness (QED) is 0.107. The summed E-state index contributed by atoms with van der Waals surface area (Å²) < 4.78 is 48.5. The molecule has 1 unspecified atom stereocenters. The van der Waals surface area contributed by atoms with Crippen molar-refractivity contribution in [2.75, 3.05) is 12.3 Å². The number of sulfonamides is 1. The molecule has 1 amide bonds. The first kappa shape index (κ1) is 43.5. The number of aryl methyl sites for hydroxylation is 1. The van der Waals surface area contributed by atoms with Crippen LogP contribution in [0.5, 0.6) is 17.2 Å². The molecule has 5 aromatic carbocycles.